The van der Waals surface area contributed by atoms with E-state index < -0.39 is 30.3 Å². The molecule has 5 rings (SSSR count). The summed E-state index contributed by atoms with van der Waals surface area (Å²) in [4.78, 5) is 24.8. The number of carbonyl (C=O) groups excluding carboxylic acids is 1. The number of nitrogens with zero attached hydrogens (tertiary/aromatic N) is 4. The Bertz CT molecular complexity index is 863. The van der Waals surface area contributed by atoms with Gasteiger partial charge in [-0.3, -0.25) is 4.57 Å². The van der Waals surface area contributed by atoms with E-state index in [1.165, 1.54) is 19.2 Å². The van der Waals surface area contributed by atoms with E-state index in [0.717, 1.165) is 24.9 Å². The van der Waals surface area contributed by atoms with Crippen LogP contribution in [0.5, 0.6) is 0 Å². The lowest BCUT2D eigenvalue weighted by atomic mass is 10.1. The maximum atomic E-state index is 11.5. The molecule has 1 aliphatic carbocycles. The summed E-state index contributed by atoms with van der Waals surface area (Å²) in [6, 6.07) is 0.423. The van der Waals surface area contributed by atoms with Crippen LogP contribution in [0.3, 0.4) is 0 Å². The highest BCUT2D eigenvalue weighted by Crippen LogP contribution is 2.43. The smallest absolute Gasteiger partial charge is 0.167 e. The molecule has 2 aliphatic heterocycles. The van der Waals surface area contributed by atoms with Gasteiger partial charge in [0.25, 0.3) is 0 Å². The summed E-state index contributed by atoms with van der Waals surface area (Å²) in [5.74, 6) is -0.0322. The molecule has 2 aromatic heterocycles. The highest BCUT2D eigenvalue weighted by molar-refractivity contribution is 5.82. The Hall–Kier alpha value is -2.10. The van der Waals surface area contributed by atoms with Crippen LogP contribution in [0.15, 0.2) is 12.7 Å². The van der Waals surface area contributed by atoms with Crippen LogP contribution in [0.4, 0.5) is 5.82 Å². The van der Waals surface area contributed by atoms with Gasteiger partial charge in [0.15, 0.2) is 35.3 Å². The highest BCUT2D eigenvalue weighted by atomic mass is 16.8. The van der Waals surface area contributed by atoms with Crippen molar-refractivity contribution in [3.8, 4) is 0 Å². The van der Waals surface area contributed by atoms with E-state index in [0.29, 0.717) is 17.2 Å². The van der Waals surface area contributed by atoms with E-state index in [1.807, 2.05) is 18.4 Å². The second-order valence-corrected chi connectivity index (χ2v) is 7.86. The molecular formula is C18H23N5O4. The first-order valence-electron chi connectivity index (χ1n) is 9.46. The average Bonchev–Trinajstić information content (AvgIpc) is 3.38. The Balaban J connectivity index is 1.49. The molecule has 0 bridgehead atoms. The van der Waals surface area contributed by atoms with Crippen LogP contribution in [0.1, 0.15) is 45.8 Å². The van der Waals surface area contributed by atoms with Gasteiger partial charge in [0, 0.05) is 6.04 Å². The Kier molecular flexibility index (Phi) is 3.92. The van der Waals surface area contributed by atoms with Crippen LogP contribution in [-0.4, -0.2) is 55.9 Å². The molecule has 144 valence electrons. The van der Waals surface area contributed by atoms with Crippen LogP contribution in [0.25, 0.3) is 11.2 Å². The van der Waals surface area contributed by atoms with Gasteiger partial charge in [0.05, 0.1) is 6.33 Å². The minimum Gasteiger partial charge on any atom is -0.365 e. The quantitative estimate of drug-likeness (QED) is 0.810. The highest BCUT2D eigenvalue weighted by Gasteiger charge is 2.56. The number of hydrogen-bond donors (Lipinski definition) is 1. The van der Waals surface area contributed by atoms with Crippen molar-refractivity contribution < 1.29 is 19.0 Å². The molecule has 1 saturated carbocycles. The van der Waals surface area contributed by atoms with E-state index in [-0.39, 0.29) is 0 Å². The third-order valence-corrected chi connectivity index (χ3v) is 5.53. The maximum absolute atomic E-state index is 11.5. The molecule has 0 aromatic carbocycles. The molecule has 1 N–H and O–H groups in total. The van der Waals surface area contributed by atoms with Crippen molar-refractivity contribution >= 4 is 23.3 Å². The fraction of sp³-hybridized carbons (Fsp3) is 0.667. The summed E-state index contributed by atoms with van der Waals surface area (Å²) in [7, 11) is 0. The Morgan fingerprint density at radius 1 is 1.19 bits per heavy atom. The second-order valence-electron chi connectivity index (χ2n) is 7.86. The first-order valence-corrected chi connectivity index (χ1v) is 9.46. The number of anilines is 1. The number of hydrogen-bond acceptors (Lipinski definition) is 8. The Labute approximate surface area is 156 Å². The summed E-state index contributed by atoms with van der Waals surface area (Å²) in [5, 5.41) is 3.49. The van der Waals surface area contributed by atoms with Gasteiger partial charge in [0.1, 0.15) is 24.6 Å². The Morgan fingerprint density at radius 2 is 1.96 bits per heavy atom. The zero-order valence-corrected chi connectivity index (χ0v) is 15.4. The lowest BCUT2D eigenvalue weighted by molar-refractivity contribution is -0.194. The third kappa shape index (κ3) is 2.81. The molecule has 3 fully saturated rings. The van der Waals surface area contributed by atoms with Gasteiger partial charge in [0.2, 0.25) is 0 Å². The number of aldehydes is 1. The minimum atomic E-state index is -0.765. The zero-order chi connectivity index (χ0) is 18.6. The largest absolute Gasteiger partial charge is 0.365 e. The first-order chi connectivity index (χ1) is 13.1. The molecule has 0 amide bonds. The van der Waals surface area contributed by atoms with E-state index in [9.17, 15) is 4.79 Å². The number of fused-ring (bicyclic) bond motifs is 2. The van der Waals surface area contributed by atoms with Crippen molar-refractivity contribution in [1.29, 1.82) is 0 Å². The predicted molar refractivity (Wildman–Crippen MR) is 95.0 cm³/mol. The maximum Gasteiger partial charge on any atom is 0.167 e. The van der Waals surface area contributed by atoms with Crippen LogP contribution >= 0.6 is 0 Å². The minimum absolute atomic E-state index is 0.409. The van der Waals surface area contributed by atoms with Gasteiger partial charge in [-0.1, -0.05) is 12.8 Å². The van der Waals surface area contributed by atoms with Gasteiger partial charge < -0.3 is 24.3 Å². The third-order valence-electron chi connectivity index (χ3n) is 5.53. The number of carbonyl (C=O) groups is 1. The number of aromatic nitrogens is 4. The lowest BCUT2D eigenvalue weighted by Crippen LogP contribution is -2.30. The molecule has 27 heavy (non-hydrogen) atoms. The number of ether oxygens (including phenoxy) is 3. The SMILES string of the molecule is CC1(C)O[C@@H]2[C@H](O1)[C@@H](C=O)O[C@H]2n1cnc2c(NC3CCCC3)ncnc21. The zero-order valence-electron chi connectivity index (χ0n) is 15.4. The summed E-state index contributed by atoms with van der Waals surface area (Å²) >= 11 is 0. The number of imidazole rings is 1. The molecule has 2 saturated heterocycles. The number of nitrogens with one attached hydrogen (secondary N) is 1. The molecule has 9 heteroatoms. The van der Waals surface area contributed by atoms with E-state index >= 15 is 0 Å². The Morgan fingerprint density at radius 3 is 2.74 bits per heavy atom. The lowest BCUT2D eigenvalue weighted by Gasteiger charge is -2.23. The van der Waals surface area contributed by atoms with Crippen molar-refractivity contribution in [2.24, 2.45) is 0 Å². The van der Waals surface area contributed by atoms with Crippen LogP contribution in [-0.2, 0) is 19.0 Å². The first kappa shape index (κ1) is 17.0. The van der Waals surface area contributed by atoms with Crippen molar-refractivity contribution in [3.63, 3.8) is 0 Å². The molecule has 0 radical (unpaired) electrons. The molecular weight excluding hydrogens is 350 g/mol. The van der Waals surface area contributed by atoms with Crippen LogP contribution in [0, 0.1) is 0 Å². The topological polar surface area (TPSA) is 100 Å². The normalized spacial score (nSPS) is 32.8. The molecule has 0 spiro atoms. The predicted octanol–water partition coefficient (Wildman–Crippen LogP) is 1.80. The van der Waals surface area contributed by atoms with Crippen molar-refractivity contribution in [2.45, 2.75) is 75.9 Å². The van der Waals surface area contributed by atoms with Crippen LogP contribution < -0.4 is 5.32 Å². The van der Waals surface area contributed by atoms with Crippen molar-refractivity contribution in [1.82, 2.24) is 19.5 Å². The average molecular weight is 373 g/mol. The van der Waals surface area contributed by atoms with Gasteiger partial charge >= 0.3 is 0 Å². The molecule has 4 heterocycles. The molecule has 3 aliphatic rings. The number of rotatable bonds is 4. The van der Waals surface area contributed by atoms with Gasteiger partial charge in [-0.05, 0) is 26.7 Å². The van der Waals surface area contributed by atoms with Crippen LogP contribution in [0.2, 0.25) is 0 Å². The van der Waals surface area contributed by atoms with E-state index in [1.54, 1.807) is 6.33 Å². The second kappa shape index (κ2) is 6.22. The summed E-state index contributed by atoms with van der Waals surface area (Å²) < 4.78 is 19.6. The monoisotopic (exact) mass is 373 g/mol. The van der Waals surface area contributed by atoms with Gasteiger partial charge in [-0.2, -0.15) is 0 Å². The molecule has 0 unspecified atom stereocenters. The molecule has 9 nitrogen and oxygen atoms in total. The fourth-order valence-electron chi connectivity index (χ4n) is 4.35. The van der Waals surface area contributed by atoms with Crippen molar-refractivity contribution in [3.05, 3.63) is 12.7 Å². The summed E-state index contributed by atoms with van der Waals surface area (Å²) in [6.45, 7) is 3.67. The van der Waals surface area contributed by atoms with E-state index in [2.05, 4.69) is 20.3 Å². The van der Waals surface area contributed by atoms with Crippen molar-refractivity contribution in [2.75, 3.05) is 5.32 Å². The molecule has 4 atom stereocenters. The summed E-state index contributed by atoms with van der Waals surface area (Å²) in [6.07, 6.45) is 6.64. The standard InChI is InChI=1S/C18H23N5O4/c1-18(2)26-13-11(7-24)25-17(14(13)27-18)23-9-21-12-15(19-8-20-16(12)23)22-10-5-3-4-6-10/h7-11,13-14,17H,3-6H2,1-2H3,(H,19,20,22)/t11-,13-,14-,17-/m1/s1. The molecule has 2 aromatic rings. The van der Waals surface area contributed by atoms with E-state index in [4.69, 9.17) is 14.2 Å². The summed E-state index contributed by atoms with van der Waals surface area (Å²) in [5.41, 5.74) is 1.34. The van der Waals surface area contributed by atoms with Gasteiger partial charge in [-0.25, -0.2) is 15.0 Å². The fourth-order valence-corrected chi connectivity index (χ4v) is 4.35. The van der Waals surface area contributed by atoms with Gasteiger partial charge in [-0.15, -0.1) is 0 Å².